The van der Waals surface area contributed by atoms with Crippen LogP contribution in [0.2, 0.25) is 0 Å². The van der Waals surface area contributed by atoms with Gasteiger partial charge in [-0.3, -0.25) is 0 Å². The van der Waals surface area contributed by atoms with Crippen molar-refractivity contribution in [3.05, 3.63) is 119 Å². The van der Waals surface area contributed by atoms with Crippen LogP contribution >= 0.6 is 0 Å². The van der Waals surface area contributed by atoms with E-state index in [0.29, 0.717) is 11.4 Å². The maximum Gasteiger partial charge on any atom is 0.292 e. The van der Waals surface area contributed by atoms with E-state index in [-0.39, 0.29) is 0 Å². The monoisotopic (exact) mass is 456 g/mol. The molecule has 0 unspecified atom stereocenters. The number of carbonyl (C=O) groups excluding carboxylic acids is 1. The van der Waals surface area contributed by atoms with E-state index in [4.69, 9.17) is 10.00 Å². The summed E-state index contributed by atoms with van der Waals surface area (Å²) in [5, 5.41) is 8.55. The highest BCUT2D eigenvalue weighted by atomic mass is 16.5. The summed E-state index contributed by atoms with van der Waals surface area (Å²) >= 11 is 0. The Hall–Kier alpha value is -5.07. The SMILES string of the molecule is N#COc1ccc(Cc2ccc(N=C=Nc3ccc(Cc4ccc(N=C=O)cc4)cc3)cc2)cc1. The molecule has 0 aliphatic rings. The Morgan fingerprint density at radius 2 is 0.943 bits per heavy atom. The minimum atomic E-state index is 0.534. The summed E-state index contributed by atoms with van der Waals surface area (Å²) in [5.41, 5.74) is 6.69. The number of isocyanates is 1. The molecule has 0 heterocycles. The third-order valence-electron chi connectivity index (χ3n) is 5.25. The summed E-state index contributed by atoms with van der Waals surface area (Å²) in [5.74, 6) is 0.534. The summed E-state index contributed by atoms with van der Waals surface area (Å²) in [6.07, 6.45) is 4.75. The molecule has 0 atom stereocenters. The van der Waals surface area contributed by atoms with Gasteiger partial charge < -0.3 is 4.74 Å². The van der Waals surface area contributed by atoms with Crippen LogP contribution in [0.3, 0.4) is 0 Å². The van der Waals surface area contributed by atoms with Gasteiger partial charge in [0.1, 0.15) is 11.8 Å². The lowest BCUT2D eigenvalue weighted by Crippen LogP contribution is -1.88. The molecule has 0 aliphatic heterocycles. The molecule has 0 saturated carbocycles. The minimum absolute atomic E-state index is 0.534. The molecule has 4 rings (SSSR count). The van der Waals surface area contributed by atoms with Crippen LogP contribution in [0.15, 0.2) is 112 Å². The Morgan fingerprint density at radius 3 is 1.31 bits per heavy atom. The largest absolute Gasteiger partial charge is 0.388 e. The zero-order valence-corrected chi connectivity index (χ0v) is 18.8. The first-order valence-corrected chi connectivity index (χ1v) is 10.9. The van der Waals surface area contributed by atoms with Crippen molar-refractivity contribution in [2.45, 2.75) is 12.8 Å². The van der Waals surface area contributed by atoms with Crippen molar-refractivity contribution in [1.82, 2.24) is 0 Å². The van der Waals surface area contributed by atoms with Crippen LogP contribution in [0.4, 0.5) is 17.1 Å². The van der Waals surface area contributed by atoms with Gasteiger partial charge in [0, 0.05) is 0 Å². The average Bonchev–Trinajstić information content (AvgIpc) is 2.89. The zero-order chi connectivity index (χ0) is 24.3. The van der Waals surface area contributed by atoms with E-state index in [0.717, 1.165) is 46.5 Å². The van der Waals surface area contributed by atoms with Crippen LogP contribution in [0.1, 0.15) is 22.3 Å². The fourth-order valence-corrected chi connectivity index (χ4v) is 3.46. The molecule has 168 valence electrons. The first kappa shape index (κ1) is 23.1. The summed E-state index contributed by atoms with van der Waals surface area (Å²) in [6.45, 7) is 0. The Labute approximate surface area is 203 Å². The highest BCUT2D eigenvalue weighted by Gasteiger charge is 2.00. The molecular formula is C29H20N4O2. The second-order valence-electron chi connectivity index (χ2n) is 7.72. The van der Waals surface area contributed by atoms with Gasteiger partial charge in [-0.25, -0.2) is 4.79 Å². The van der Waals surface area contributed by atoms with E-state index in [2.05, 4.69) is 21.0 Å². The molecule has 6 heteroatoms. The van der Waals surface area contributed by atoms with Crippen LogP contribution in [-0.4, -0.2) is 12.1 Å². The predicted molar refractivity (Wildman–Crippen MR) is 135 cm³/mol. The molecular weight excluding hydrogens is 436 g/mol. The predicted octanol–water partition coefficient (Wildman–Crippen LogP) is 6.83. The topological polar surface area (TPSA) is 87.2 Å². The van der Waals surface area contributed by atoms with Crippen molar-refractivity contribution in [3.63, 3.8) is 0 Å². The molecule has 0 N–H and O–H groups in total. The quantitative estimate of drug-likeness (QED) is 0.165. The van der Waals surface area contributed by atoms with Gasteiger partial charge >= 0.3 is 0 Å². The van der Waals surface area contributed by atoms with Gasteiger partial charge in [0.25, 0.3) is 6.26 Å². The molecule has 0 saturated heterocycles. The summed E-state index contributed by atoms with van der Waals surface area (Å²) in [6, 6.07) is 33.5. The standard InChI is InChI=1S/C29H20N4O2/c30-19-35-29-15-7-25(8-16-29)18-23-3-11-27(12-4-23)32-20-31-26-9-1-22(2-10-26)17-24-5-13-28(14-6-24)33-21-34/h1-16H,17-18H2. The molecule has 0 spiro atoms. The first-order valence-electron chi connectivity index (χ1n) is 10.9. The van der Waals surface area contributed by atoms with Crippen molar-refractivity contribution in [2.24, 2.45) is 15.0 Å². The smallest absolute Gasteiger partial charge is 0.292 e. The van der Waals surface area contributed by atoms with Gasteiger partial charge in [-0.15, -0.1) is 5.26 Å². The molecule has 0 radical (unpaired) electrons. The van der Waals surface area contributed by atoms with Gasteiger partial charge in [0.15, 0.2) is 0 Å². The maximum absolute atomic E-state index is 10.3. The first-order chi connectivity index (χ1) is 17.2. The second-order valence-corrected chi connectivity index (χ2v) is 7.72. The molecule has 0 amide bonds. The second kappa shape index (κ2) is 11.7. The van der Waals surface area contributed by atoms with Crippen LogP contribution in [0.5, 0.6) is 5.75 Å². The highest BCUT2D eigenvalue weighted by molar-refractivity contribution is 5.58. The molecule has 4 aromatic carbocycles. The Kier molecular flexibility index (Phi) is 7.72. The van der Waals surface area contributed by atoms with Crippen molar-refractivity contribution in [1.29, 1.82) is 5.26 Å². The number of nitrogens with zero attached hydrogens (tertiary/aromatic N) is 4. The van der Waals surface area contributed by atoms with Gasteiger partial charge in [0.05, 0.1) is 17.1 Å². The molecule has 0 aliphatic carbocycles. The van der Waals surface area contributed by atoms with Gasteiger partial charge in [-0.1, -0.05) is 48.5 Å². The number of aliphatic imine (C=N–C) groups is 3. The fourth-order valence-electron chi connectivity index (χ4n) is 3.46. The molecule has 6 nitrogen and oxygen atoms in total. The molecule has 35 heavy (non-hydrogen) atoms. The third-order valence-corrected chi connectivity index (χ3v) is 5.25. The minimum Gasteiger partial charge on any atom is -0.388 e. The zero-order valence-electron chi connectivity index (χ0n) is 18.8. The van der Waals surface area contributed by atoms with E-state index < -0.39 is 0 Å². The lowest BCUT2D eigenvalue weighted by Gasteiger charge is -2.03. The van der Waals surface area contributed by atoms with Crippen molar-refractivity contribution in [2.75, 3.05) is 0 Å². The number of hydrogen-bond acceptors (Lipinski definition) is 6. The number of rotatable bonds is 8. The molecule has 0 bridgehead atoms. The number of nitriles is 1. The van der Waals surface area contributed by atoms with Crippen LogP contribution in [0, 0.1) is 11.5 Å². The Balaban J connectivity index is 1.33. The fraction of sp³-hybridized carbons (Fsp3) is 0.0690. The van der Waals surface area contributed by atoms with Gasteiger partial charge in [0.2, 0.25) is 6.08 Å². The summed E-state index contributed by atoms with van der Waals surface area (Å²) < 4.78 is 4.80. The lowest BCUT2D eigenvalue weighted by molar-refractivity contribution is 0.507. The maximum atomic E-state index is 10.3. The molecule has 0 aromatic heterocycles. The number of benzene rings is 4. The summed E-state index contributed by atoms with van der Waals surface area (Å²) in [4.78, 5) is 22.5. The Bertz CT molecular complexity index is 1420. The average molecular weight is 457 g/mol. The lowest BCUT2D eigenvalue weighted by atomic mass is 10.0. The van der Waals surface area contributed by atoms with E-state index in [9.17, 15) is 4.79 Å². The number of ether oxygens (including phenoxy) is 1. The van der Waals surface area contributed by atoms with Gasteiger partial charge in [-0.2, -0.15) is 15.0 Å². The van der Waals surface area contributed by atoms with Crippen molar-refractivity contribution in [3.8, 4) is 12.0 Å². The Morgan fingerprint density at radius 1 is 0.571 bits per heavy atom. The van der Waals surface area contributed by atoms with E-state index in [1.807, 2.05) is 72.8 Å². The van der Waals surface area contributed by atoms with Crippen molar-refractivity contribution < 1.29 is 9.53 Å². The van der Waals surface area contributed by atoms with Crippen LogP contribution < -0.4 is 4.74 Å². The normalized spacial score (nSPS) is 9.80. The summed E-state index contributed by atoms with van der Waals surface area (Å²) in [7, 11) is 0. The van der Waals surface area contributed by atoms with E-state index in [1.54, 1.807) is 36.6 Å². The van der Waals surface area contributed by atoms with E-state index in [1.165, 1.54) is 0 Å². The van der Waals surface area contributed by atoms with Crippen LogP contribution in [-0.2, 0) is 17.6 Å². The molecule has 0 fully saturated rings. The van der Waals surface area contributed by atoms with Crippen molar-refractivity contribution >= 4 is 29.2 Å². The highest BCUT2D eigenvalue weighted by Crippen LogP contribution is 2.20. The van der Waals surface area contributed by atoms with Crippen LogP contribution in [0.25, 0.3) is 0 Å². The number of hydrogen-bond donors (Lipinski definition) is 0. The van der Waals surface area contributed by atoms with Gasteiger partial charge in [-0.05, 0) is 83.6 Å². The third kappa shape index (κ3) is 6.95. The van der Waals surface area contributed by atoms with E-state index >= 15 is 0 Å². The molecule has 4 aromatic rings.